The molecule has 0 aliphatic rings. The first-order chi connectivity index (χ1) is 8.61. The fourth-order valence-electron chi connectivity index (χ4n) is 1.27. The van der Waals surface area contributed by atoms with Crippen LogP contribution in [-0.2, 0) is 4.74 Å². The van der Waals surface area contributed by atoms with Crippen LogP contribution in [0.1, 0.15) is 16.2 Å². The third-order valence-electron chi connectivity index (χ3n) is 2.11. The summed E-state index contributed by atoms with van der Waals surface area (Å²) in [6.07, 6.45) is 2.89. The van der Waals surface area contributed by atoms with Crippen molar-refractivity contribution >= 4 is 23.2 Å². The van der Waals surface area contributed by atoms with E-state index in [1.54, 1.807) is 6.07 Å². The van der Waals surface area contributed by atoms with Crippen LogP contribution in [-0.4, -0.2) is 37.8 Å². The largest absolute Gasteiger partial charge is 0.465 e. The Morgan fingerprint density at radius 2 is 2.28 bits per heavy atom. The fourth-order valence-corrected chi connectivity index (χ4v) is 1.37. The monoisotopic (exact) mass is 263 g/mol. The number of nitrogens with two attached hydrogens (primary N) is 1. The second-order valence-corrected chi connectivity index (χ2v) is 3.71. The van der Waals surface area contributed by atoms with E-state index in [2.05, 4.69) is 19.8 Å². The Hall–Kier alpha value is -2.35. The highest BCUT2D eigenvalue weighted by molar-refractivity contribution is 7.80. The van der Waals surface area contributed by atoms with Gasteiger partial charge in [-0.2, -0.15) is 0 Å². The Morgan fingerprint density at radius 1 is 1.50 bits per heavy atom. The summed E-state index contributed by atoms with van der Waals surface area (Å²) in [5, 5.41) is 4.03. The van der Waals surface area contributed by atoms with Crippen molar-refractivity contribution in [2.24, 2.45) is 5.73 Å². The number of esters is 1. The van der Waals surface area contributed by atoms with Gasteiger partial charge in [0.05, 0.1) is 12.7 Å². The van der Waals surface area contributed by atoms with Crippen molar-refractivity contribution in [3.63, 3.8) is 0 Å². The number of nitrogens with zero attached hydrogens (tertiary/aromatic N) is 4. The SMILES string of the molecule is COC(=O)c1ccnc(-n2cnc(C(N)=S)n2)c1. The number of hydrogen-bond donors (Lipinski definition) is 1. The predicted octanol–water partition coefficient (Wildman–Crippen LogP) is 0.0831. The molecule has 8 heteroatoms. The van der Waals surface area contributed by atoms with Crippen LogP contribution >= 0.6 is 12.2 Å². The first-order valence-corrected chi connectivity index (χ1v) is 5.29. The molecular weight excluding hydrogens is 254 g/mol. The maximum absolute atomic E-state index is 11.4. The Kier molecular flexibility index (Phi) is 3.28. The lowest BCUT2D eigenvalue weighted by molar-refractivity contribution is 0.0600. The van der Waals surface area contributed by atoms with Gasteiger partial charge in [0.1, 0.15) is 11.3 Å². The molecule has 0 saturated heterocycles. The van der Waals surface area contributed by atoms with Crippen LogP contribution in [0.4, 0.5) is 0 Å². The Labute approximate surface area is 108 Å². The van der Waals surface area contributed by atoms with Crippen LogP contribution in [0.15, 0.2) is 24.7 Å². The Morgan fingerprint density at radius 3 is 2.89 bits per heavy atom. The smallest absolute Gasteiger partial charge is 0.338 e. The molecule has 2 heterocycles. The summed E-state index contributed by atoms with van der Waals surface area (Å²) in [4.78, 5) is 19.5. The standard InChI is InChI=1S/C10H9N5O2S/c1-17-10(16)6-2-3-12-7(4-6)15-5-13-9(14-15)8(11)18/h2-5H,1H3,(H2,11,18). The minimum Gasteiger partial charge on any atom is -0.465 e. The van der Waals surface area contributed by atoms with Gasteiger partial charge in [0.2, 0.25) is 5.82 Å². The lowest BCUT2D eigenvalue weighted by atomic mass is 10.2. The van der Waals surface area contributed by atoms with Crippen LogP contribution in [0.5, 0.6) is 0 Å². The van der Waals surface area contributed by atoms with E-state index in [1.807, 2.05) is 0 Å². The maximum Gasteiger partial charge on any atom is 0.338 e. The molecule has 2 N–H and O–H groups in total. The molecule has 0 bridgehead atoms. The molecule has 0 fully saturated rings. The van der Waals surface area contributed by atoms with E-state index >= 15 is 0 Å². The third-order valence-corrected chi connectivity index (χ3v) is 2.30. The molecule has 0 spiro atoms. The molecule has 0 aromatic carbocycles. The van der Waals surface area contributed by atoms with Crippen LogP contribution in [0.2, 0.25) is 0 Å². The van der Waals surface area contributed by atoms with E-state index in [1.165, 1.54) is 30.4 Å². The molecule has 0 aliphatic heterocycles. The molecule has 92 valence electrons. The predicted molar refractivity (Wildman–Crippen MR) is 66.4 cm³/mol. The quantitative estimate of drug-likeness (QED) is 0.619. The molecule has 7 nitrogen and oxygen atoms in total. The molecule has 2 rings (SSSR count). The van der Waals surface area contributed by atoms with Crippen LogP contribution in [0.3, 0.4) is 0 Å². The van der Waals surface area contributed by atoms with Gasteiger partial charge in [-0.05, 0) is 12.1 Å². The average molecular weight is 263 g/mol. The van der Waals surface area contributed by atoms with Crippen molar-refractivity contribution in [3.05, 3.63) is 36.0 Å². The lowest BCUT2D eigenvalue weighted by Crippen LogP contribution is -2.12. The second kappa shape index (κ2) is 4.88. The highest BCUT2D eigenvalue weighted by Gasteiger charge is 2.10. The van der Waals surface area contributed by atoms with Gasteiger partial charge in [-0.25, -0.2) is 19.4 Å². The summed E-state index contributed by atoms with van der Waals surface area (Å²) in [5.41, 5.74) is 5.77. The van der Waals surface area contributed by atoms with Crippen molar-refractivity contribution in [2.45, 2.75) is 0 Å². The molecule has 18 heavy (non-hydrogen) atoms. The highest BCUT2D eigenvalue weighted by atomic mass is 32.1. The molecule has 2 aromatic rings. The summed E-state index contributed by atoms with van der Waals surface area (Å²) in [6.45, 7) is 0. The molecule has 0 saturated carbocycles. The van der Waals surface area contributed by atoms with Crippen molar-refractivity contribution in [3.8, 4) is 5.82 Å². The van der Waals surface area contributed by atoms with Gasteiger partial charge < -0.3 is 10.5 Å². The molecule has 0 unspecified atom stereocenters. The van der Waals surface area contributed by atoms with Gasteiger partial charge in [0.25, 0.3) is 0 Å². The number of rotatable bonds is 3. The van der Waals surface area contributed by atoms with Gasteiger partial charge >= 0.3 is 5.97 Å². The number of thiocarbonyl (C=S) groups is 1. The van der Waals surface area contributed by atoms with Gasteiger partial charge in [0.15, 0.2) is 5.82 Å². The van der Waals surface area contributed by atoms with Crippen LogP contribution in [0, 0.1) is 0 Å². The zero-order chi connectivity index (χ0) is 13.1. The van der Waals surface area contributed by atoms with Crippen molar-refractivity contribution in [1.82, 2.24) is 19.7 Å². The topological polar surface area (TPSA) is 95.9 Å². The van der Waals surface area contributed by atoms with E-state index in [0.29, 0.717) is 11.4 Å². The second-order valence-electron chi connectivity index (χ2n) is 3.27. The number of aromatic nitrogens is 4. The number of hydrogen-bond acceptors (Lipinski definition) is 6. The lowest BCUT2D eigenvalue weighted by Gasteiger charge is -2.02. The van der Waals surface area contributed by atoms with Crippen LogP contribution in [0.25, 0.3) is 5.82 Å². The van der Waals surface area contributed by atoms with E-state index in [4.69, 9.17) is 18.0 Å². The highest BCUT2D eigenvalue weighted by Crippen LogP contribution is 2.07. The van der Waals surface area contributed by atoms with E-state index in [9.17, 15) is 4.79 Å². The number of carbonyl (C=O) groups excluding carboxylic acids is 1. The molecular formula is C10H9N5O2S. The fraction of sp³-hybridized carbons (Fsp3) is 0.100. The van der Waals surface area contributed by atoms with Crippen molar-refractivity contribution in [2.75, 3.05) is 7.11 Å². The maximum atomic E-state index is 11.4. The molecule has 0 amide bonds. The van der Waals surface area contributed by atoms with E-state index < -0.39 is 5.97 Å². The van der Waals surface area contributed by atoms with E-state index in [-0.39, 0.29) is 10.8 Å². The Balaban J connectivity index is 2.38. The minimum atomic E-state index is -0.451. The zero-order valence-electron chi connectivity index (χ0n) is 9.40. The molecule has 0 atom stereocenters. The summed E-state index contributed by atoms with van der Waals surface area (Å²) >= 11 is 4.76. The summed E-state index contributed by atoms with van der Waals surface area (Å²) in [6, 6.07) is 3.07. The molecule has 2 aromatic heterocycles. The normalized spacial score (nSPS) is 10.1. The number of methoxy groups -OCH3 is 1. The average Bonchev–Trinajstić information content (AvgIpc) is 2.88. The summed E-state index contributed by atoms with van der Waals surface area (Å²) in [7, 11) is 1.31. The van der Waals surface area contributed by atoms with Crippen LogP contribution < -0.4 is 5.73 Å². The van der Waals surface area contributed by atoms with Gasteiger partial charge in [-0.1, -0.05) is 12.2 Å². The Bertz CT molecular complexity index is 610. The third kappa shape index (κ3) is 2.33. The van der Waals surface area contributed by atoms with Gasteiger partial charge in [-0.15, -0.1) is 5.10 Å². The van der Waals surface area contributed by atoms with Crippen molar-refractivity contribution < 1.29 is 9.53 Å². The van der Waals surface area contributed by atoms with Gasteiger partial charge in [0, 0.05) is 6.20 Å². The molecule has 0 radical (unpaired) electrons. The minimum absolute atomic E-state index is 0.0953. The zero-order valence-corrected chi connectivity index (χ0v) is 10.2. The first-order valence-electron chi connectivity index (χ1n) is 4.88. The summed E-state index contributed by atoms with van der Waals surface area (Å²) in [5.74, 6) is 0.219. The molecule has 0 aliphatic carbocycles. The summed E-state index contributed by atoms with van der Waals surface area (Å²) < 4.78 is 5.99. The van der Waals surface area contributed by atoms with E-state index in [0.717, 1.165) is 0 Å². The number of carbonyl (C=O) groups is 1. The number of pyridine rings is 1. The number of ether oxygens (including phenoxy) is 1. The van der Waals surface area contributed by atoms with Crippen molar-refractivity contribution in [1.29, 1.82) is 0 Å². The van der Waals surface area contributed by atoms with Gasteiger partial charge in [-0.3, -0.25) is 0 Å². The first kappa shape index (κ1) is 12.1.